The summed E-state index contributed by atoms with van der Waals surface area (Å²) in [4.78, 5) is 4.95. The van der Waals surface area contributed by atoms with E-state index in [2.05, 4.69) is 252 Å². The molecule has 0 aromatic heterocycles. The van der Waals surface area contributed by atoms with Gasteiger partial charge in [-0.25, -0.2) is 0 Å². The molecule has 0 bridgehead atoms. The van der Waals surface area contributed by atoms with Crippen LogP contribution in [0.15, 0.2) is 146 Å². The van der Waals surface area contributed by atoms with Gasteiger partial charge in [0.1, 0.15) is 0 Å². The third kappa shape index (κ3) is 7.91. The molecule has 324 valence electrons. The minimum absolute atomic E-state index is 0.0251. The zero-order chi connectivity index (χ0) is 45.7. The van der Waals surface area contributed by atoms with Gasteiger partial charge in [0.05, 0.1) is 0 Å². The summed E-state index contributed by atoms with van der Waals surface area (Å²) in [5, 5.41) is 5.01. The van der Waals surface area contributed by atoms with E-state index in [1.165, 1.54) is 99.9 Å². The minimum atomic E-state index is 0.0251. The van der Waals surface area contributed by atoms with Gasteiger partial charge in [-0.3, -0.25) is 0 Å². The first-order chi connectivity index (χ1) is 30.0. The van der Waals surface area contributed by atoms with Crippen LogP contribution in [0.25, 0.3) is 43.8 Å². The summed E-state index contributed by atoms with van der Waals surface area (Å²) in [5.74, 6) is 0. The molecule has 0 N–H and O–H groups in total. The topological polar surface area (TPSA) is 6.48 Å². The van der Waals surface area contributed by atoms with E-state index in [1.807, 2.05) is 0 Å². The van der Waals surface area contributed by atoms with Crippen molar-refractivity contribution in [2.24, 2.45) is 0 Å². The van der Waals surface area contributed by atoms with Crippen LogP contribution in [0.5, 0.6) is 0 Å². The molecule has 0 spiro atoms. The number of benzene rings is 8. The first-order valence-corrected chi connectivity index (χ1v) is 23.2. The van der Waals surface area contributed by atoms with Gasteiger partial charge in [0.15, 0.2) is 0 Å². The smallest absolute Gasteiger partial charge is 0.0493 e. The maximum atomic E-state index is 2.48. The molecule has 8 aromatic carbocycles. The zero-order valence-corrected chi connectivity index (χ0v) is 40.8. The lowest BCUT2D eigenvalue weighted by molar-refractivity contribution is 0.589. The Morgan fingerprint density at radius 1 is 0.281 bits per heavy atom. The summed E-state index contributed by atoms with van der Waals surface area (Å²) in [7, 11) is 0. The van der Waals surface area contributed by atoms with E-state index in [-0.39, 0.29) is 21.7 Å². The summed E-state index contributed by atoms with van der Waals surface area (Å²) in [6, 6.07) is 56.0. The highest BCUT2D eigenvalue weighted by Crippen LogP contribution is 2.52. The van der Waals surface area contributed by atoms with E-state index in [0.29, 0.717) is 0 Å². The molecule has 2 heteroatoms. The summed E-state index contributed by atoms with van der Waals surface area (Å²) >= 11 is 0. The molecule has 1 aliphatic carbocycles. The van der Waals surface area contributed by atoms with Crippen LogP contribution < -0.4 is 9.80 Å². The van der Waals surface area contributed by atoms with Crippen molar-refractivity contribution in [3.05, 3.63) is 179 Å². The Kier molecular flexibility index (Phi) is 10.3. The SMILES string of the molecule is Cc1ccc(C(C)(C)C)cc1N(c1cccc(C(C)(C)C)c1)c1ccc2cc3c(cc2c1)-c1cc2cc(N(c4cccc(C(C)(C)C)c4)c4cc(C(C)(C)C)ccc4C)ccc2cc1-3. The second kappa shape index (κ2) is 15.3. The molecule has 0 unspecified atom stereocenters. The Balaban J connectivity index is 1.16. The van der Waals surface area contributed by atoms with Gasteiger partial charge in [0.25, 0.3) is 0 Å². The molecule has 2 nitrogen and oxygen atoms in total. The van der Waals surface area contributed by atoms with Crippen molar-refractivity contribution in [3.8, 4) is 22.3 Å². The van der Waals surface area contributed by atoms with Gasteiger partial charge in [0.2, 0.25) is 0 Å². The molecule has 0 fully saturated rings. The fourth-order valence-electron chi connectivity index (χ4n) is 9.39. The van der Waals surface area contributed by atoms with Crippen LogP contribution in [0.4, 0.5) is 34.1 Å². The van der Waals surface area contributed by atoms with Gasteiger partial charge >= 0.3 is 0 Å². The van der Waals surface area contributed by atoms with E-state index in [1.54, 1.807) is 0 Å². The van der Waals surface area contributed by atoms with Gasteiger partial charge in [-0.1, -0.05) is 144 Å². The Bertz CT molecular complexity index is 2900. The number of hydrogen-bond acceptors (Lipinski definition) is 2. The third-order valence-corrected chi connectivity index (χ3v) is 13.6. The lowest BCUT2D eigenvalue weighted by atomic mass is 9.78. The standard InChI is InChI=1S/C62H66N2/c1-39-21-25-47(61(9,10)11)37-57(39)63(49-19-15-17-45(35-49)59(3,4)5)51-27-23-41-31-53-54-32-42-24-28-52(30-44(42)34-56(54)55(53)33-43(41)29-51)64(50-20-16-18-46(36-50)60(6,7)8)58-38-48(62(12,13)14)26-22-40(58)2/h15-38H,1-14H3. The van der Waals surface area contributed by atoms with Crippen LogP contribution in [0.2, 0.25) is 0 Å². The van der Waals surface area contributed by atoms with Crippen molar-refractivity contribution in [2.45, 2.75) is 119 Å². The fraction of sp³-hybridized carbons (Fsp3) is 0.290. The lowest BCUT2D eigenvalue weighted by Crippen LogP contribution is -2.17. The van der Waals surface area contributed by atoms with E-state index in [9.17, 15) is 0 Å². The lowest BCUT2D eigenvalue weighted by Gasteiger charge is -2.31. The van der Waals surface area contributed by atoms with Crippen molar-refractivity contribution in [1.29, 1.82) is 0 Å². The van der Waals surface area contributed by atoms with Gasteiger partial charge in [-0.2, -0.15) is 0 Å². The molecular weight excluding hydrogens is 773 g/mol. The molecule has 9 rings (SSSR count). The summed E-state index contributed by atoms with van der Waals surface area (Å²) in [5.41, 5.74) is 20.3. The molecule has 8 aromatic rings. The van der Waals surface area contributed by atoms with Crippen molar-refractivity contribution in [1.82, 2.24) is 0 Å². The molecule has 0 amide bonds. The molecular formula is C62H66N2. The first-order valence-electron chi connectivity index (χ1n) is 23.2. The Morgan fingerprint density at radius 2 is 0.594 bits per heavy atom. The summed E-state index contributed by atoms with van der Waals surface area (Å²) in [6.07, 6.45) is 0. The van der Waals surface area contributed by atoms with E-state index < -0.39 is 0 Å². The Labute approximate surface area is 383 Å². The first kappa shape index (κ1) is 43.1. The highest BCUT2D eigenvalue weighted by Gasteiger charge is 2.27. The van der Waals surface area contributed by atoms with Crippen molar-refractivity contribution < 1.29 is 0 Å². The van der Waals surface area contributed by atoms with Crippen LogP contribution in [0.1, 0.15) is 116 Å². The van der Waals surface area contributed by atoms with E-state index >= 15 is 0 Å². The van der Waals surface area contributed by atoms with Crippen LogP contribution in [0, 0.1) is 13.8 Å². The number of hydrogen-bond donors (Lipinski definition) is 0. The summed E-state index contributed by atoms with van der Waals surface area (Å²) < 4.78 is 0. The Morgan fingerprint density at radius 3 is 0.938 bits per heavy atom. The maximum absolute atomic E-state index is 2.48. The minimum Gasteiger partial charge on any atom is -0.310 e. The van der Waals surface area contributed by atoms with Gasteiger partial charge in [-0.15, -0.1) is 0 Å². The molecule has 0 saturated heterocycles. The molecule has 1 aliphatic rings. The van der Waals surface area contributed by atoms with Crippen molar-refractivity contribution in [3.63, 3.8) is 0 Å². The number of nitrogens with zero attached hydrogens (tertiary/aromatic N) is 2. The van der Waals surface area contributed by atoms with E-state index in [4.69, 9.17) is 0 Å². The number of anilines is 6. The predicted octanol–water partition coefficient (Wildman–Crippen LogP) is 18.4. The third-order valence-electron chi connectivity index (χ3n) is 13.6. The maximum Gasteiger partial charge on any atom is 0.0493 e. The Hall–Kier alpha value is -6.12. The van der Waals surface area contributed by atoms with Gasteiger partial charge < -0.3 is 9.80 Å². The normalized spacial score (nSPS) is 12.8. The van der Waals surface area contributed by atoms with Crippen molar-refractivity contribution in [2.75, 3.05) is 9.80 Å². The average molecular weight is 839 g/mol. The monoisotopic (exact) mass is 839 g/mol. The molecule has 0 saturated carbocycles. The molecule has 64 heavy (non-hydrogen) atoms. The summed E-state index contributed by atoms with van der Waals surface area (Å²) in [6.45, 7) is 32.1. The molecule has 0 atom stereocenters. The van der Waals surface area contributed by atoms with Crippen LogP contribution in [0.3, 0.4) is 0 Å². The van der Waals surface area contributed by atoms with Gasteiger partial charge in [0, 0.05) is 34.1 Å². The second-order valence-electron chi connectivity index (χ2n) is 22.6. The zero-order valence-electron chi connectivity index (χ0n) is 40.8. The number of rotatable bonds is 6. The van der Waals surface area contributed by atoms with Crippen LogP contribution in [-0.4, -0.2) is 0 Å². The number of fused-ring (bicyclic) bond motifs is 6. The van der Waals surface area contributed by atoms with E-state index in [0.717, 1.165) is 11.4 Å². The number of aryl methyl sites for hydroxylation is 2. The van der Waals surface area contributed by atoms with Crippen LogP contribution in [-0.2, 0) is 21.7 Å². The molecule has 0 heterocycles. The fourth-order valence-corrected chi connectivity index (χ4v) is 9.39. The highest BCUT2D eigenvalue weighted by molar-refractivity contribution is 6.12. The average Bonchev–Trinajstić information content (AvgIpc) is 3.23. The molecule has 0 radical (unpaired) electrons. The van der Waals surface area contributed by atoms with Crippen molar-refractivity contribution >= 4 is 55.7 Å². The molecule has 0 aliphatic heterocycles. The van der Waals surface area contributed by atoms with Crippen LogP contribution >= 0.6 is 0 Å². The van der Waals surface area contributed by atoms with Gasteiger partial charge in [-0.05, 0) is 198 Å². The second-order valence-corrected chi connectivity index (χ2v) is 22.6. The largest absolute Gasteiger partial charge is 0.310 e. The highest BCUT2D eigenvalue weighted by atomic mass is 15.1. The quantitative estimate of drug-likeness (QED) is 0.165. The predicted molar refractivity (Wildman–Crippen MR) is 280 cm³/mol.